The van der Waals surface area contributed by atoms with Gasteiger partial charge in [0.1, 0.15) is 0 Å². The third-order valence-electron chi connectivity index (χ3n) is 2.69. The van der Waals surface area contributed by atoms with E-state index < -0.39 is 0 Å². The van der Waals surface area contributed by atoms with E-state index in [9.17, 15) is 0 Å². The molecule has 0 aliphatic rings. The quantitative estimate of drug-likeness (QED) is 0.694. The predicted octanol–water partition coefficient (Wildman–Crippen LogP) is 3.49. The van der Waals surface area contributed by atoms with Crippen molar-refractivity contribution in [2.24, 2.45) is 5.92 Å². The first-order valence-electron chi connectivity index (χ1n) is 5.42. The van der Waals surface area contributed by atoms with Gasteiger partial charge in [-0.25, -0.2) is 0 Å². The number of thiophene rings is 1. The molecule has 2 unspecified atom stereocenters. The Balaban J connectivity index is 2.36. The third-order valence-corrected chi connectivity index (χ3v) is 4.12. The summed E-state index contributed by atoms with van der Waals surface area (Å²) in [4.78, 5) is 3.86. The van der Waals surface area contributed by atoms with Crippen molar-refractivity contribution in [1.82, 2.24) is 4.90 Å². The second kappa shape index (κ2) is 6.51. The number of halogens is 1. The van der Waals surface area contributed by atoms with E-state index in [1.54, 1.807) is 0 Å². The van der Waals surface area contributed by atoms with Gasteiger partial charge in [-0.05, 0) is 37.8 Å². The summed E-state index contributed by atoms with van der Waals surface area (Å²) in [6.45, 7) is 5.55. The van der Waals surface area contributed by atoms with Gasteiger partial charge >= 0.3 is 0 Å². The number of hydrogen-bond donors (Lipinski definition) is 0. The van der Waals surface area contributed by atoms with Gasteiger partial charge in [0.05, 0.1) is 0 Å². The zero-order chi connectivity index (χ0) is 11.3. The second-order valence-electron chi connectivity index (χ2n) is 4.33. The number of hydrogen-bond acceptors (Lipinski definition) is 2. The van der Waals surface area contributed by atoms with Gasteiger partial charge < -0.3 is 4.90 Å². The summed E-state index contributed by atoms with van der Waals surface area (Å²) in [6.07, 6.45) is 1.14. The van der Waals surface area contributed by atoms with Crippen molar-refractivity contribution < 1.29 is 0 Å². The fourth-order valence-electron chi connectivity index (χ4n) is 1.60. The van der Waals surface area contributed by atoms with Gasteiger partial charge in [-0.3, -0.25) is 0 Å². The van der Waals surface area contributed by atoms with Gasteiger partial charge in [0.15, 0.2) is 0 Å². The lowest BCUT2D eigenvalue weighted by atomic mass is 10.1. The molecule has 2 atom stereocenters. The molecule has 1 aromatic heterocycles. The summed E-state index contributed by atoms with van der Waals surface area (Å²) >= 11 is 7.66. The van der Waals surface area contributed by atoms with Crippen LogP contribution in [0.25, 0.3) is 0 Å². The van der Waals surface area contributed by atoms with E-state index in [0.717, 1.165) is 18.8 Å². The van der Waals surface area contributed by atoms with Crippen LogP contribution in [-0.4, -0.2) is 30.4 Å². The first-order valence-corrected chi connectivity index (χ1v) is 6.83. The van der Waals surface area contributed by atoms with Crippen molar-refractivity contribution in [2.75, 3.05) is 19.5 Å². The highest BCUT2D eigenvalue weighted by molar-refractivity contribution is 7.09. The van der Waals surface area contributed by atoms with Crippen LogP contribution in [0.3, 0.4) is 0 Å². The molecule has 1 rings (SSSR count). The molecular formula is C12H20ClNS. The standard InChI is InChI=1S/C12H20ClNS/c1-10(8-13)9-14(3)11(2)7-12-5-4-6-15-12/h4-6,10-11H,7-9H2,1-3H3. The van der Waals surface area contributed by atoms with Crippen LogP contribution in [0.1, 0.15) is 18.7 Å². The summed E-state index contributed by atoms with van der Waals surface area (Å²) in [5, 5.41) is 2.14. The molecule has 0 saturated heterocycles. The molecule has 3 heteroatoms. The Labute approximate surface area is 102 Å². The summed E-state index contributed by atoms with van der Waals surface area (Å²) < 4.78 is 0. The van der Waals surface area contributed by atoms with E-state index in [2.05, 4.69) is 43.3 Å². The number of rotatable bonds is 6. The fraction of sp³-hybridized carbons (Fsp3) is 0.667. The van der Waals surface area contributed by atoms with Crippen LogP contribution in [0.4, 0.5) is 0 Å². The molecule has 86 valence electrons. The first-order chi connectivity index (χ1) is 7.13. The SMILES string of the molecule is CC(CCl)CN(C)C(C)Cc1cccs1. The molecule has 0 N–H and O–H groups in total. The maximum atomic E-state index is 5.82. The molecule has 1 aromatic rings. The van der Waals surface area contributed by atoms with Crippen LogP contribution < -0.4 is 0 Å². The van der Waals surface area contributed by atoms with Crippen LogP contribution in [0.15, 0.2) is 17.5 Å². The van der Waals surface area contributed by atoms with Crippen LogP contribution in [0.2, 0.25) is 0 Å². The molecule has 0 bridgehead atoms. The molecular weight excluding hydrogens is 226 g/mol. The molecule has 15 heavy (non-hydrogen) atoms. The van der Waals surface area contributed by atoms with E-state index in [-0.39, 0.29) is 0 Å². The molecule has 0 spiro atoms. The second-order valence-corrected chi connectivity index (χ2v) is 5.67. The topological polar surface area (TPSA) is 3.24 Å². The largest absolute Gasteiger partial charge is 0.303 e. The minimum atomic E-state index is 0.572. The van der Waals surface area contributed by atoms with Crippen molar-refractivity contribution in [3.63, 3.8) is 0 Å². The minimum Gasteiger partial charge on any atom is -0.303 e. The van der Waals surface area contributed by atoms with E-state index in [4.69, 9.17) is 11.6 Å². The van der Waals surface area contributed by atoms with Gasteiger partial charge in [-0.1, -0.05) is 13.0 Å². The van der Waals surface area contributed by atoms with E-state index in [0.29, 0.717) is 12.0 Å². The van der Waals surface area contributed by atoms with Crippen LogP contribution in [0, 0.1) is 5.92 Å². The summed E-state index contributed by atoms with van der Waals surface area (Å²) in [6, 6.07) is 4.92. The van der Waals surface area contributed by atoms with E-state index >= 15 is 0 Å². The first kappa shape index (κ1) is 13.0. The van der Waals surface area contributed by atoms with Crippen molar-refractivity contribution >= 4 is 22.9 Å². The Hall–Kier alpha value is -0.0500. The van der Waals surface area contributed by atoms with Crippen LogP contribution in [-0.2, 0) is 6.42 Å². The number of nitrogens with zero attached hydrogens (tertiary/aromatic N) is 1. The predicted molar refractivity (Wildman–Crippen MR) is 70.0 cm³/mol. The third kappa shape index (κ3) is 4.54. The molecule has 1 nitrogen and oxygen atoms in total. The Kier molecular flexibility index (Phi) is 5.65. The maximum Gasteiger partial charge on any atom is 0.0261 e. The Bertz CT molecular complexity index is 261. The maximum absolute atomic E-state index is 5.82. The van der Waals surface area contributed by atoms with Crippen LogP contribution >= 0.6 is 22.9 Å². The van der Waals surface area contributed by atoms with Crippen molar-refractivity contribution in [2.45, 2.75) is 26.3 Å². The normalized spacial score (nSPS) is 15.5. The van der Waals surface area contributed by atoms with E-state index in [1.807, 2.05) is 11.3 Å². The molecule has 1 heterocycles. The molecule has 0 aliphatic heterocycles. The zero-order valence-electron chi connectivity index (χ0n) is 9.74. The highest BCUT2D eigenvalue weighted by Crippen LogP contribution is 2.14. The van der Waals surface area contributed by atoms with Gasteiger partial charge in [0.25, 0.3) is 0 Å². The molecule has 0 aromatic carbocycles. The molecule has 0 saturated carbocycles. The lowest BCUT2D eigenvalue weighted by Crippen LogP contribution is -2.34. The lowest BCUT2D eigenvalue weighted by molar-refractivity contribution is 0.231. The van der Waals surface area contributed by atoms with Crippen molar-refractivity contribution in [1.29, 1.82) is 0 Å². The molecule has 0 aliphatic carbocycles. The van der Waals surface area contributed by atoms with Crippen molar-refractivity contribution in [3.05, 3.63) is 22.4 Å². The van der Waals surface area contributed by atoms with E-state index in [1.165, 1.54) is 4.88 Å². The average Bonchev–Trinajstić information content (AvgIpc) is 2.70. The van der Waals surface area contributed by atoms with Gasteiger partial charge in [-0.15, -0.1) is 22.9 Å². The van der Waals surface area contributed by atoms with Crippen LogP contribution in [0.5, 0.6) is 0 Å². The highest BCUT2D eigenvalue weighted by atomic mass is 35.5. The Morgan fingerprint density at radius 2 is 2.20 bits per heavy atom. The molecule has 0 fully saturated rings. The highest BCUT2D eigenvalue weighted by Gasteiger charge is 2.12. The smallest absolute Gasteiger partial charge is 0.0261 e. The molecule has 0 amide bonds. The zero-order valence-corrected chi connectivity index (χ0v) is 11.3. The fourth-order valence-corrected chi connectivity index (χ4v) is 2.52. The van der Waals surface area contributed by atoms with Gasteiger partial charge in [0, 0.05) is 23.3 Å². The van der Waals surface area contributed by atoms with Gasteiger partial charge in [0.2, 0.25) is 0 Å². The van der Waals surface area contributed by atoms with Crippen molar-refractivity contribution in [3.8, 4) is 0 Å². The number of likely N-dealkylation sites (N-methyl/N-ethyl adjacent to an activating group) is 1. The Morgan fingerprint density at radius 1 is 1.47 bits per heavy atom. The Morgan fingerprint density at radius 3 is 2.73 bits per heavy atom. The number of alkyl halides is 1. The minimum absolute atomic E-state index is 0.572. The lowest BCUT2D eigenvalue weighted by Gasteiger charge is -2.26. The monoisotopic (exact) mass is 245 g/mol. The molecule has 0 radical (unpaired) electrons. The summed E-state index contributed by atoms with van der Waals surface area (Å²) in [5.41, 5.74) is 0. The van der Waals surface area contributed by atoms with Gasteiger partial charge in [-0.2, -0.15) is 0 Å². The average molecular weight is 246 g/mol. The summed E-state index contributed by atoms with van der Waals surface area (Å²) in [7, 11) is 2.18. The summed E-state index contributed by atoms with van der Waals surface area (Å²) in [5.74, 6) is 1.32.